The van der Waals surface area contributed by atoms with Crippen LogP contribution in [-0.2, 0) is 4.79 Å². The van der Waals surface area contributed by atoms with Gasteiger partial charge in [-0.3, -0.25) is 10.1 Å². The van der Waals surface area contributed by atoms with E-state index in [2.05, 4.69) is 33.0 Å². The van der Waals surface area contributed by atoms with E-state index < -0.39 is 0 Å². The van der Waals surface area contributed by atoms with Crippen LogP contribution < -0.4 is 5.32 Å². The SMILES string of the molecule is CCCCC(CC)CN1CNC(C(C)CC)C1=O. The van der Waals surface area contributed by atoms with Crippen LogP contribution in [0.25, 0.3) is 0 Å². The number of nitrogens with zero attached hydrogens (tertiary/aromatic N) is 1. The Hall–Kier alpha value is -0.570. The van der Waals surface area contributed by atoms with Crippen molar-refractivity contribution in [2.75, 3.05) is 13.2 Å². The first kappa shape index (κ1) is 15.5. The lowest BCUT2D eigenvalue weighted by atomic mass is 9.97. The van der Waals surface area contributed by atoms with Crippen LogP contribution in [0.2, 0.25) is 0 Å². The number of rotatable bonds is 8. The first-order chi connectivity index (χ1) is 8.63. The second-order valence-corrected chi connectivity index (χ2v) is 5.70. The Morgan fingerprint density at radius 2 is 2.06 bits per heavy atom. The van der Waals surface area contributed by atoms with E-state index >= 15 is 0 Å². The molecule has 0 aromatic heterocycles. The van der Waals surface area contributed by atoms with Gasteiger partial charge in [-0.05, 0) is 18.3 Å². The molecule has 1 aliphatic rings. The summed E-state index contributed by atoms with van der Waals surface area (Å²) in [6.45, 7) is 10.5. The fourth-order valence-electron chi connectivity index (χ4n) is 2.63. The van der Waals surface area contributed by atoms with Gasteiger partial charge in [0.1, 0.15) is 0 Å². The molecule has 1 aliphatic heterocycles. The van der Waals surface area contributed by atoms with Gasteiger partial charge < -0.3 is 4.90 Å². The molecule has 0 bridgehead atoms. The Balaban J connectivity index is 2.45. The second kappa shape index (κ2) is 7.78. The number of nitrogens with one attached hydrogen (secondary N) is 1. The largest absolute Gasteiger partial charge is 0.328 e. The van der Waals surface area contributed by atoms with Crippen molar-refractivity contribution in [3.05, 3.63) is 0 Å². The average molecular weight is 254 g/mol. The van der Waals surface area contributed by atoms with Crippen molar-refractivity contribution in [2.24, 2.45) is 11.8 Å². The van der Waals surface area contributed by atoms with Gasteiger partial charge in [0.05, 0.1) is 12.7 Å². The highest BCUT2D eigenvalue weighted by molar-refractivity contribution is 5.84. The van der Waals surface area contributed by atoms with Gasteiger partial charge in [-0.2, -0.15) is 0 Å². The van der Waals surface area contributed by atoms with E-state index in [0.717, 1.165) is 19.6 Å². The zero-order valence-electron chi connectivity index (χ0n) is 12.5. The van der Waals surface area contributed by atoms with Gasteiger partial charge in [0.2, 0.25) is 5.91 Å². The predicted octanol–water partition coefficient (Wildman–Crippen LogP) is 3.01. The topological polar surface area (TPSA) is 32.3 Å². The molecule has 1 saturated heterocycles. The molecule has 3 heteroatoms. The third-order valence-electron chi connectivity index (χ3n) is 4.31. The first-order valence-electron chi connectivity index (χ1n) is 7.66. The normalized spacial score (nSPS) is 23.4. The van der Waals surface area contributed by atoms with Crippen LogP contribution in [0.1, 0.15) is 59.8 Å². The highest BCUT2D eigenvalue weighted by Gasteiger charge is 2.34. The van der Waals surface area contributed by atoms with Crippen molar-refractivity contribution in [3.63, 3.8) is 0 Å². The van der Waals surface area contributed by atoms with Gasteiger partial charge >= 0.3 is 0 Å². The van der Waals surface area contributed by atoms with Crippen molar-refractivity contribution in [1.29, 1.82) is 0 Å². The van der Waals surface area contributed by atoms with Gasteiger partial charge in [-0.1, -0.05) is 53.4 Å². The fraction of sp³-hybridized carbons (Fsp3) is 0.933. The molecule has 1 heterocycles. The van der Waals surface area contributed by atoms with E-state index in [0.29, 0.717) is 17.7 Å². The van der Waals surface area contributed by atoms with Crippen LogP contribution in [0.3, 0.4) is 0 Å². The molecule has 0 aliphatic carbocycles. The van der Waals surface area contributed by atoms with Gasteiger partial charge in [-0.15, -0.1) is 0 Å². The molecular weight excluding hydrogens is 224 g/mol. The Bertz CT molecular complexity index is 255. The summed E-state index contributed by atoms with van der Waals surface area (Å²) in [6, 6.07) is 0.0543. The number of hydrogen-bond donors (Lipinski definition) is 1. The molecule has 0 aromatic rings. The summed E-state index contributed by atoms with van der Waals surface area (Å²) in [5.41, 5.74) is 0. The maximum absolute atomic E-state index is 12.3. The molecule has 3 nitrogen and oxygen atoms in total. The van der Waals surface area contributed by atoms with E-state index in [1.807, 2.05) is 4.90 Å². The quantitative estimate of drug-likeness (QED) is 0.722. The zero-order chi connectivity index (χ0) is 13.5. The third kappa shape index (κ3) is 3.98. The number of unbranched alkanes of at least 4 members (excludes halogenated alkanes) is 1. The van der Waals surface area contributed by atoms with Crippen molar-refractivity contribution < 1.29 is 4.79 Å². The van der Waals surface area contributed by atoms with E-state index in [9.17, 15) is 4.79 Å². The van der Waals surface area contributed by atoms with E-state index in [1.165, 1.54) is 25.7 Å². The van der Waals surface area contributed by atoms with Crippen LogP contribution in [0, 0.1) is 11.8 Å². The highest BCUT2D eigenvalue weighted by atomic mass is 16.2. The minimum atomic E-state index is 0.0543. The van der Waals surface area contributed by atoms with Gasteiger partial charge in [0.25, 0.3) is 0 Å². The lowest BCUT2D eigenvalue weighted by Crippen LogP contribution is -2.37. The first-order valence-corrected chi connectivity index (χ1v) is 7.66. The zero-order valence-corrected chi connectivity index (χ0v) is 12.5. The fourth-order valence-corrected chi connectivity index (χ4v) is 2.63. The van der Waals surface area contributed by atoms with E-state index in [-0.39, 0.29) is 6.04 Å². The number of hydrogen-bond acceptors (Lipinski definition) is 2. The summed E-state index contributed by atoms with van der Waals surface area (Å²) in [6.07, 6.45) is 6.02. The second-order valence-electron chi connectivity index (χ2n) is 5.70. The Morgan fingerprint density at radius 1 is 1.33 bits per heavy atom. The monoisotopic (exact) mass is 254 g/mol. The smallest absolute Gasteiger partial charge is 0.241 e. The number of carbonyl (C=O) groups excluding carboxylic acids is 1. The van der Waals surface area contributed by atoms with Gasteiger partial charge in [-0.25, -0.2) is 0 Å². The molecule has 0 spiro atoms. The Morgan fingerprint density at radius 3 is 2.61 bits per heavy atom. The van der Waals surface area contributed by atoms with Crippen LogP contribution in [-0.4, -0.2) is 30.1 Å². The minimum Gasteiger partial charge on any atom is -0.328 e. The lowest BCUT2D eigenvalue weighted by Gasteiger charge is -2.23. The van der Waals surface area contributed by atoms with Crippen molar-refractivity contribution >= 4 is 5.91 Å². The van der Waals surface area contributed by atoms with Crippen molar-refractivity contribution in [3.8, 4) is 0 Å². The summed E-state index contributed by atoms with van der Waals surface area (Å²) < 4.78 is 0. The summed E-state index contributed by atoms with van der Waals surface area (Å²) in [5, 5.41) is 3.37. The minimum absolute atomic E-state index is 0.0543. The standard InChI is InChI=1S/C15H30N2O/c1-5-8-9-13(7-3)10-17-11-16-14(15(17)18)12(4)6-2/h12-14,16H,5-11H2,1-4H3. The maximum Gasteiger partial charge on any atom is 0.241 e. The van der Waals surface area contributed by atoms with E-state index in [1.54, 1.807) is 0 Å². The Labute approximate surface area is 112 Å². The number of carbonyl (C=O) groups is 1. The highest BCUT2D eigenvalue weighted by Crippen LogP contribution is 2.19. The van der Waals surface area contributed by atoms with Crippen molar-refractivity contribution in [1.82, 2.24) is 10.2 Å². The molecular formula is C15H30N2O. The molecule has 3 unspecified atom stereocenters. The molecule has 0 saturated carbocycles. The van der Waals surface area contributed by atoms with Crippen LogP contribution >= 0.6 is 0 Å². The van der Waals surface area contributed by atoms with Crippen molar-refractivity contribution in [2.45, 2.75) is 65.8 Å². The number of amides is 1. The molecule has 1 N–H and O–H groups in total. The van der Waals surface area contributed by atoms with E-state index in [4.69, 9.17) is 0 Å². The molecule has 1 fully saturated rings. The maximum atomic E-state index is 12.3. The molecule has 0 aromatic carbocycles. The van der Waals surface area contributed by atoms with Crippen LogP contribution in [0.5, 0.6) is 0 Å². The Kier molecular flexibility index (Phi) is 6.69. The average Bonchev–Trinajstić information content (AvgIpc) is 2.75. The third-order valence-corrected chi connectivity index (χ3v) is 4.31. The summed E-state index contributed by atoms with van der Waals surface area (Å²) in [7, 11) is 0. The molecule has 1 rings (SSSR count). The van der Waals surface area contributed by atoms with Crippen LogP contribution in [0.4, 0.5) is 0 Å². The molecule has 1 amide bonds. The predicted molar refractivity (Wildman–Crippen MR) is 76.3 cm³/mol. The van der Waals surface area contributed by atoms with Gasteiger partial charge in [0.15, 0.2) is 0 Å². The molecule has 18 heavy (non-hydrogen) atoms. The van der Waals surface area contributed by atoms with Gasteiger partial charge in [0, 0.05) is 6.54 Å². The lowest BCUT2D eigenvalue weighted by molar-refractivity contribution is -0.130. The summed E-state index contributed by atoms with van der Waals surface area (Å²) in [4.78, 5) is 14.3. The molecule has 3 atom stereocenters. The summed E-state index contributed by atoms with van der Waals surface area (Å²) in [5.74, 6) is 1.43. The molecule has 0 radical (unpaired) electrons. The summed E-state index contributed by atoms with van der Waals surface area (Å²) >= 11 is 0. The van der Waals surface area contributed by atoms with Crippen LogP contribution in [0.15, 0.2) is 0 Å². The molecule has 106 valence electrons.